The summed E-state index contributed by atoms with van der Waals surface area (Å²) in [6.45, 7) is 12.5. The van der Waals surface area contributed by atoms with Crippen molar-refractivity contribution in [2.75, 3.05) is 23.8 Å². The van der Waals surface area contributed by atoms with Crippen LogP contribution in [0.15, 0.2) is 18.2 Å². The number of hydrogen-bond acceptors (Lipinski definition) is 2. The third-order valence-electron chi connectivity index (χ3n) is 3.87. The van der Waals surface area contributed by atoms with Gasteiger partial charge in [-0.25, -0.2) is 0 Å². The fourth-order valence-electron chi connectivity index (χ4n) is 2.64. The molecular formula is C16H26N2. The van der Waals surface area contributed by atoms with Gasteiger partial charge in [-0.05, 0) is 23.0 Å². The Bertz CT molecular complexity index is 429. The number of nitrogens with one attached hydrogen (secondary N) is 1. The molecule has 1 unspecified atom stereocenters. The van der Waals surface area contributed by atoms with Gasteiger partial charge in [-0.15, -0.1) is 0 Å². The van der Waals surface area contributed by atoms with Gasteiger partial charge in [0.05, 0.1) is 11.4 Å². The Kier molecular flexibility index (Phi) is 3.31. The summed E-state index contributed by atoms with van der Waals surface area (Å²) < 4.78 is 0. The smallest absolute Gasteiger partial charge is 0.0618 e. The number of nitrogens with zero attached hydrogens (tertiary/aromatic N) is 1. The molecule has 0 spiro atoms. The third-order valence-corrected chi connectivity index (χ3v) is 3.87. The van der Waals surface area contributed by atoms with Gasteiger partial charge in [0.25, 0.3) is 0 Å². The van der Waals surface area contributed by atoms with Crippen LogP contribution in [0.5, 0.6) is 0 Å². The van der Waals surface area contributed by atoms with Gasteiger partial charge < -0.3 is 10.2 Å². The minimum Gasteiger partial charge on any atom is -0.378 e. The second-order valence-corrected chi connectivity index (χ2v) is 6.83. The largest absolute Gasteiger partial charge is 0.378 e. The maximum absolute atomic E-state index is 3.76. The standard InChI is InChI=1S/C16H26N2/c1-11(2)13-10-18(6)14-9-7-8-12(15(14)17-13)16(3,4)5/h7-9,11,13,17H,10H2,1-6H3. The Morgan fingerprint density at radius 1 is 1.28 bits per heavy atom. The molecule has 1 aliphatic rings. The summed E-state index contributed by atoms with van der Waals surface area (Å²) in [6, 6.07) is 7.18. The molecule has 1 aromatic rings. The maximum atomic E-state index is 3.76. The summed E-state index contributed by atoms with van der Waals surface area (Å²) in [4.78, 5) is 2.38. The molecule has 18 heavy (non-hydrogen) atoms. The zero-order chi connectivity index (χ0) is 13.5. The molecule has 2 heteroatoms. The first-order valence-corrected chi connectivity index (χ1v) is 6.92. The van der Waals surface area contributed by atoms with E-state index in [1.807, 2.05) is 0 Å². The van der Waals surface area contributed by atoms with Gasteiger partial charge >= 0.3 is 0 Å². The van der Waals surface area contributed by atoms with Crippen molar-refractivity contribution in [2.45, 2.75) is 46.1 Å². The lowest BCUT2D eigenvalue weighted by Gasteiger charge is -2.39. The van der Waals surface area contributed by atoms with Crippen LogP contribution in [0.2, 0.25) is 0 Å². The molecule has 1 heterocycles. The predicted octanol–water partition coefficient (Wildman–Crippen LogP) is 3.87. The number of anilines is 2. The van der Waals surface area contributed by atoms with E-state index in [0.717, 1.165) is 6.54 Å². The molecule has 100 valence electrons. The molecule has 0 saturated carbocycles. The molecule has 1 aliphatic heterocycles. The second kappa shape index (κ2) is 4.49. The molecule has 0 fully saturated rings. The molecule has 0 radical (unpaired) electrons. The molecule has 2 nitrogen and oxygen atoms in total. The molecule has 2 rings (SSSR count). The minimum atomic E-state index is 0.179. The van der Waals surface area contributed by atoms with Crippen molar-refractivity contribution in [3.8, 4) is 0 Å². The van der Waals surface area contributed by atoms with Crippen LogP contribution in [0, 0.1) is 5.92 Å². The van der Waals surface area contributed by atoms with Crippen LogP contribution in [-0.2, 0) is 5.41 Å². The molecule has 0 amide bonds. The Morgan fingerprint density at radius 3 is 2.50 bits per heavy atom. The van der Waals surface area contributed by atoms with E-state index in [-0.39, 0.29) is 5.41 Å². The number of hydrogen-bond donors (Lipinski definition) is 1. The van der Waals surface area contributed by atoms with Crippen LogP contribution in [0.25, 0.3) is 0 Å². The second-order valence-electron chi connectivity index (χ2n) is 6.83. The van der Waals surface area contributed by atoms with Gasteiger partial charge in [-0.2, -0.15) is 0 Å². The van der Waals surface area contributed by atoms with Crippen LogP contribution in [0.1, 0.15) is 40.2 Å². The van der Waals surface area contributed by atoms with Crippen LogP contribution >= 0.6 is 0 Å². The predicted molar refractivity (Wildman–Crippen MR) is 80.7 cm³/mol. The quantitative estimate of drug-likeness (QED) is 0.809. The van der Waals surface area contributed by atoms with E-state index < -0.39 is 0 Å². The van der Waals surface area contributed by atoms with E-state index in [0.29, 0.717) is 12.0 Å². The molecule has 1 N–H and O–H groups in total. The van der Waals surface area contributed by atoms with E-state index in [1.165, 1.54) is 16.9 Å². The SMILES string of the molecule is CC(C)C1CN(C)c2cccc(C(C)(C)C)c2N1. The molecule has 0 bridgehead atoms. The van der Waals surface area contributed by atoms with Gasteiger partial charge in [0.15, 0.2) is 0 Å². The maximum Gasteiger partial charge on any atom is 0.0618 e. The van der Waals surface area contributed by atoms with E-state index in [9.17, 15) is 0 Å². The van der Waals surface area contributed by atoms with Crippen molar-refractivity contribution in [3.63, 3.8) is 0 Å². The minimum absolute atomic E-state index is 0.179. The summed E-state index contributed by atoms with van der Waals surface area (Å²) in [6.07, 6.45) is 0. The highest BCUT2D eigenvalue weighted by Gasteiger charge is 2.28. The molecule has 1 aromatic carbocycles. The van der Waals surface area contributed by atoms with Crippen molar-refractivity contribution >= 4 is 11.4 Å². The lowest BCUT2D eigenvalue weighted by atomic mass is 9.84. The Labute approximate surface area is 111 Å². The Morgan fingerprint density at radius 2 is 1.94 bits per heavy atom. The lowest BCUT2D eigenvalue weighted by Crippen LogP contribution is -2.43. The lowest BCUT2D eigenvalue weighted by molar-refractivity contribution is 0.509. The zero-order valence-electron chi connectivity index (χ0n) is 12.5. The zero-order valence-corrected chi connectivity index (χ0v) is 12.5. The monoisotopic (exact) mass is 246 g/mol. The Balaban J connectivity index is 2.48. The average Bonchev–Trinajstić information content (AvgIpc) is 2.26. The average molecular weight is 246 g/mol. The van der Waals surface area contributed by atoms with Crippen molar-refractivity contribution in [2.24, 2.45) is 5.92 Å². The van der Waals surface area contributed by atoms with Gasteiger partial charge in [0, 0.05) is 19.6 Å². The van der Waals surface area contributed by atoms with Crippen LogP contribution in [0.3, 0.4) is 0 Å². The number of benzene rings is 1. The topological polar surface area (TPSA) is 15.3 Å². The summed E-state index contributed by atoms with van der Waals surface area (Å²) >= 11 is 0. The van der Waals surface area contributed by atoms with Crippen LogP contribution in [0.4, 0.5) is 11.4 Å². The van der Waals surface area contributed by atoms with Crippen molar-refractivity contribution in [3.05, 3.63) is 23.8 Å². The number of para-hydroxylation sites is 1. The highest BCUT2D eigenvalue weighted by Crippen LogP contribution is 2.39. The van der Waals surface area contributed by atoms with E-state index >= 15 is 0 Å². The molecular weight excluding hydrogens is 220 g/mol. The van der Waals surface area contributed by atoms with Crippen molar-refractivity contribution in [1.29, 1.82) is 0 Å². The number of likely N-dealkylation sites (N-methyl/N-ethyl adjacent to an activating group) is 1. The van der Waals surface area contributed by atoms with Crippen molar-refractivity contribution in [1.82, 2.24) is 0 Å². The van der Waals surface area contributed by atoms with E-state index in [1.54, 1.807) is 0 Å². The van der Waals surface area contributed by atoms with E-state index in [2.05, 4.69) is 70.1 Å². The Hall–Kier alpha value is -1.18. The van der Waals surface area contributed by atoms with E-state index in [4.69, 9.17) is 0 Å². The van der Waals surface area contributed by atoms with Crippen LogP contribution in [-0.4, -0.2) is 19.6 Å². The molecule has 0 saturated heterocycles. The first-order valence-electron chi connectivity index (χ1n) is 6.92. The van der Waals surface area contributed by atoms with Gasteiger partial charge in [0.1, 0.15) is 0 Å². The van der Waals surface area contributed by atoms with Gasteiger partial charge in [-0.1, -0.05) is 46.8 Å². The fraction of sp³-hybridized carbons (Fsp3) is 0.625. The number of fused-ring (bicyclic) bond motifs is 1. The van der Waals surface area contributed by atoms with Crippen LogP contribution < -0.4 is 10.2 Å². The summed E-state index contributed by atoms with van der Waals surface area (Å²) in [5.41, 5.74) is 4.26. The summed E-state index contributed by atoms with van der Waals surface area (Å²) in [5, 5.41) is 3.76. The molecule has 1 atom stereocenters. The third kappa shape index (κ3) is 2.33. The molecule has 0 aromatic heterocycles. The van der Waals surface area contributed by atoms with Crippen molar-refractivity contribution < 1.29 is 0 Å². The first kappa shape index (κ1) is 13.3. The van der Waals surface area contributed by atoms with Gasteiger partial charge in [0.2, 0.25) is 0 Å². The highest BCUT2D eigenvalue weighted by atomic mass is 15.2. The highest BCUT2D eigenvalue weighted by molar-refractivity contribution is 5.77. The summed E-state index contributed by atoms with van der Waals surface area (Å²) in [5.74, 6) is 0.647. The first-order chi connectivity index (χ1) is 8.30. The number of rotatable bonds is 1. The van der Waals surface area contributed by atoms with Gasteiger partial charge in [-0.3, -0.25) is 0 Å². The fourth-order valence-corrected chi connectivity index (χ4v) is 2.64. The molecule has 0 aliphatic carbocycles. The normalized spacial score (nSPS) is 19.7. The summed E-state index contributed by atoms with van der Waals surface area (Å²) in [7, 11) is 2.20.